The number of rotatable bonds is 4. The minimum atomic E-state index is -4.43. The molecule has 0 aliphatic carbocycles. The monoisotopic (exact) mass is 502 g/mol. The molecule has 0 bridgehead atoms. The fourth-order valence-electron chi connectivity index (χ4n) is 4.35. The summed E-state index contributed by atoms with van der Waals surface area (Å²) < 4.78 is 54.0. The molecular weight excluding hydrogens is 480 g/mol. The molecule has 1 fully saturated rings. The van der Waals surface area contributed by atoms with Crippen molar-refractivity contribution in [1.29, 1.82) is 0 Å². The summed E-state index contributed by atoms with van der Waals surface area (Å²) in [6.07, 6.45) is -4.43. The van der Waals surface area contributed by atoms with Crippen LogP contribution in [0.25, 0.3) is 16.2 Å². The number of carbonyl (C=O) groups is 1. The van der Waals surface area contributed by atoms with E-state index in [1.165, 1.54) is 24.3 Å². The van der Waals surface area contributed by atoms with Gasteiger partial charge in [0, 0.05) is 54.9 Å². The Hall–Kier alpha value is -3.24. The standard InChI is InChI=1S/C25H22F4N4OS/c1-16-15-35-24-30-22(17-4-8-20(26)9-5-17)21(33(16)24)14-31-10-12-32(13-11-31)23(34)18-2-6-19(7-3-18)25(27,28)29/h2-9,15H,10-14H2,1H3. The maximum Gasteiger partial charge on any atom is 0.416 e. The Balaban J connectivity index is 1.30. The molecule has 35 heavy (non-hydrogen) atoms. The molecule has 1 saturated heterocycles. The molecule has 3 heterocycles. The van der Waals surface area contributed by atoms with Crippen molar-refractivity contribution in [2.45, 2.75) is 19.6 Å². The van der Waals surface area contributed by atoms with Crippen molar-refractivity contribution in [3.05, 3.63) is 82.2 Å². The highest BCUT2D eigenvalue weighted by atomic mass is 32.1. The largest absolute Gasteiger partial charge is 0.416 e. The van der Waals surface area contributed by atoms with Crippen LogP contribution in [0, 0.1) is 12.7 Å². The molecule has 0 atom stereocenters. The molecule has 0 radical (unpaired) electrons. The van der Waals surface area contributed by atoms with Crippen molar-refractivity contribution < 1.29 is 22.4 Å². The zero-order valence-electron chi connectivity index (χ0n) is 18.8. The summed E-state index contributed by atoms with van der Waals surface area (Å²) in [6, 6.07) is 10.6. The number of thiazole rings is 1. The first-order valence-corrected chi connectivity index (χ1v) is 12.0. The molecule has 1 amide bonds. The van der Waals surface area contributed by atoms with Gasteiger partial charge in [0.05, 0.1) is 17.0 Å². The van der Waals surface area contributed by atoms with Crippen LogP contribution in [-0.4, -0.2) is 51.3 Å². The van der Waals surface area contributed by atoms with Gasteiger partial charge in [-0.2, -0.15) is 13.2 Å². The van der Waals surface area contributed by atoms with Gasteiger partial charge >= 0.3 is 6.18 Å². The lowest BCUT2D eigenvalue weighted by Crippen LogP contribution is -2.48. The molecule has 2 aromatic carbocycles. The molecule has 1 aliphatic heterocycles. The maximum atomic E-state index is 13.5. The molecule has 0 N–H and O–H groups in total. The third-order valence-corrected chi connectivity index (χ3v) is 7.18. The van der Waals surface area contributed by atoms with Gasteiger partial charge in [-0.25, -0.2) is 9.37 Å². The van der Waals surface area contributed by atoms with Gasteiger partial charge in [0.2, 0.25) is 0 Å². The first-order valence-electron chi connectivity index (χ1n) is 11.1. The van der Waals surface area contributed by atoms with Crippen molar-refractivity contribution in [3.63, 3.8) is 0 Å². The Morgan fingerprint density at radius 2 is 1.66 bits per heavy atom. The Morgan fingerprint density at radius 3 is 2.29 bits per heavy atom. The first-order chi connectivity index (χ1) is 16.7. The van der Waals surface area contributed by atoms with Gasteiger partial charge < -0.3 is 4.90 Å². The third kappa shape index (κ3) is 4.68. The maximum absolute atomic E-state index is 13.5. The number of aromatic nitrogens is 2. The second kappa shape index (κ2) is 9.09. The number of aryl methyl sites for hydroxylation is 1. The summed E-state index contributed by atoms with van der Waals surface area (Å²) in [4.78, 5) is 22.4. The lowest BCUT2D eigenvalue weighted by Gasteiger charge is -2.34. The predicted octanol–water partition coefficient (Wildman–Crippen LogP) is 5.49. The fraction of sp³-hybridized carbons (Fsp3) is 0.280. The smallest absolute Gasteiger partial charge is 0.336 e. The molecule has 182 valence electrons. The number of hydrogen-bond donors (Lipinski definition) is 0. The highest BCUT2D eigenvalue weighted by molar-refractivity contribution is 7.15. The van der Waals surface area contributed by atoms with Gasteiger partial charge in [0.15, 0.2) is 4.96 Å². The van der Waals surface area contributed by atoms with E-state index >= 15 is 0 Å². The summed E-state index contributed by atoms with van der Waals surface area (Å²) in [6.45, 7) is 4.79. The van der Waals surface area contributed by atoms with Crippen LogP contribution >= 0.6 is 11.3 Å². The average molecular weight is 503 g/mol. The summed E-state index contributed by atoms with van der Waals surface area (Å²) in [5.74, 6) is -0.577. The van der Waals surface area contributed by atoms with Gasteiger partial charge in [-0.15, -0.1) is 11.3 Å². The highest BCUT2D eigenvalue weighted by Gasteiger charge is 2.31. The van der Waals surface area contributed by atoms with Crippen molar-refractivity contribution in [2.24, 2.45) is 0 Å². The van der Waals surface area contributed by atoms with Crippen molar-refractivity contribution in [2.75, 3.05) is 26.2 Å². The number of fused-ring (bicyclic) bond motifs is 1. The molecule has 5 nitrogen and oxygen atoms in total. The normalized spacial score (nSPS) is 15.2. The number of hydrogen-bond acceptors (Lipinski definition) is 4. The Bertz CT molecular complexity index is 1350. The minimum Gasteiger partial charge on any atom is -0.336 e. The second-order valence-electron chi connectivity index (χ2n) is 8.55. The van der Waals surface area contributed by atoms with Crippen LogP contribution in [0.3, 0.4) is 0 Å². The van der Waals surface area contributed by atoms with Crippen molar-refractivity contribution in [1.82, 2.24) is 19.2 Å². The Labute approximate surface area is 203 Å². The quantitative estimate of drug-likeness (QED) is 0.347. The lowest BCUT2D eigenvalue weighted by molar-refractivity contribution is -0.137. The van der Waals surface area contributed by atoms with E-state index in [4.69, 9.17) is 4.98 Å². The van der Waals surface area contributed by atoms with E-state index in [0.29, 0.717) is 32.7 Å². The summed E-state index contributed by atoms with van der Waals surface area (Å²) >= 11 is 1.55. The molecule has 5 rings (SSSR count). The molecule has 1 aliphatic rings. The average Bonchev–Trinajstić information content (AvgIpc) is 3.39. The number of amides is 1. The molecule has 0 spiro atoms. The number of benzene rings is 2. The zero-order chi connectivity index (χ0) is 24.7. The van der Waals surface area contributed by atoms with Crippen LogP contribution < -0.4 is 0 Å². The van der Waals surface area contributed by atoms with E-state index < -0.39 is 11.7 Å². The van der Waals surface area contributed by atoms with Gasteiger partial charge in [-0.05, 0) is 55.5 Å². The van der Waals surface area contributed by atoms with E-state index in [0.717, 1.165) is 39.7 Å². The van der Waals surface area contributed by atoms with E-state index in [9.17, 15) is 22.4 Å². The molecule has 4 aromatic rings. The number of halogens is 4. The molecular formula is C25H22F4N4OS. The molecule has 2 aromatic heterocycles. The van der Waals surface area contributed by atoms with E-state index in [-0.39, 0.29) is 17.3 Å². The van der Waals surface area contributed by atoms with E-state index in [1.54, 1.807) is 28.4 Å². The van der Waals surface area contributed by atoms with E-state index in [1.807, 2.05) is 12.3 Å². The Morgan fingerprint density at radius 1 is 1.00 bits per heavy atom. The number of nitrogens with zero attached hydrogens (tertiary/aromatic N) is 4. The van der Waals surface area contributed by atoms with Crippen LogP contribution in [0.15, 0.2) is 53.9 Å². The summed E-state index contributed by atoms with van der Waals surface area (Å²) in [5.41, 5.74) is 3.20. The fourth-order valence-corrected chi connectivity index (χ4v) is 5.24. The topological polar surface area (TPSA) is 40.9 Å². The van der Waals surface area contributed by atoms with Crippen molar-refractivity contribution in [3.8, 4) is 11.3 Å². The minimum absolute atomic E-state index is 0.247. The molecule has 0 unspecified atom stereocenters. The predicted molar refractivity (Wildman–Crippen MR) is 126 cm³/mol. The summed E-state index contributed by atoms with van der Waals surface area (Å²) in [7, 11) is 0. The van der Waals surface area contributed by atoms with Gasteiger partial charge in [0.1, 0.15) is 5.82 Å². The number of imidazole rings is 1. The molecule has 0 saturated carbocycles. The number of carbonyl (C=O) groups excluding carboxylic acids is 1. The van der Waals surface area contributed by atoms with Gasteiger partial charge in [-0.3, -0.25) is 14.1 Å². The van der Waals surface area contributed by atoms with Crippen LogP contribution in [0.2, 0.25) is 0 Å². The van der Waals surface area contributed by atoms with Gasteiger partial charge in [-0.1, -0.05) is 0 Å². The summed E-state index contributed by atoms with van der Waals surface area (Å²) in [5, 5.41) is 2.04. The zero-order valence-corrected chi connectivity index (χ0v) is 19.7. The first kappa shape index (κ1) is 23.5. The SMILES string of the molecule is Cc1csc2nc(-c3ccc(F)cc3)c(CN3CCN(C(=O)c4ccc(C(F)(F)F)cc4)CC3)n12. The number of alkyl halides is 3. The third-order valence-electron chi connectivity index (χ3n) is 6.24. The lowest BCUT2D eigenvalue weighted by atomic mass is 10.1. The van der Waals surface area contributed by atoms with Crippen LogP contribution in [0.5, 0.6) is 0 Å². The van der Waals surface area contributed by atoms with Crippen molar-refractivity contribution >= 4 is 22.2 Å². The highest BCUT2D eigenvalue weighted by Crippen LogP contribution is 2.31. The van der Waals surface area contributed by atoms with Crippen LogP contribution in [0.4, 0.5) is 17.6 Å². The Kier molecular flexibility index (Phi) is 6.10. The second-order valence-corrected chi connectivity index (χ2v) is 9.39. The number of piperazine rings is 1. The molecule has 10 heteroatoms. The van der Waals surface area contributed by atoms with Gasteiger partial charge in [0.25, 0.3) is 5.91 Å². The van der Waals surface area contributed by atoms with Crippen LogP contribution in [0.1, 0.15) is 27.3 Å². The van der Waals surface area contributed by atoms with Crippen LogP contribution in [-0.2, 0) is 12.7 Å². The van der Waals surface area contributed by atoms with E-state index in [2.05, 4.69) is 9.30 Å².